The Kier molecular flexibility index (Phi) is 8.17. The SMILES string of the molecule is c1c(-c2cc(C3CCCCC3)cc(C3CCCCC3)c2)cc(C2CCCCC2)cc1C1CCCCC1. The highest BCUT2D eigenvalue weighted by Crippen LogP contribution is 2.43. The van der Waals surface area contributed by atoms with Gasteiger partial charge in [-0.2, -0.15) is 0 Å². The second-order valence-corrected chi connectivity index (χ2v) is 13.1. The maximum absolute atomic E-state index is 2.67. The lowest BCUT2D eigenvalue weighted by atomic mass is 9.77. The second-order valence-electron chi connectivity index (χ2n) is 13.1. The zero-order chi connectivity index (χ0) is 24.2. The number of hydrogen-bond acceptors (Lipinski definition) is 0. The molecule has 194 valence electrons. The van der Waals surface area contributed by atoms with Crippen molar-refractivity contribution in [1.82, 2.24) is 0 Å². The topological polar surface area (TPSA) is 0 Å². The molecule has 0 N–H and O–H groups in total. The van der Waals surface area contributed by atoms with E-state index in [0.717, 1.165) is 23.7 Å². The third-order valence-corrected chi connectivity index (χ3v) is 10.6. The summed E-state index contributed by atoms with van der Waals surface area (Å²) in [5.74, 6) is 3.17. The summed E-state index contributed by atoms with van der Waals surface area (Å²) in [6, 6.07) is 15.9. The van der Waals surface area contributed by atoms with Crippen LogP contribution in [0, 0.1) is 0 Å². The van der Waals surface area contributed by atoms with Gasteiger partial charge in [0.2, 0.25) is 0 Å². The van der Waals surface area contributed by atoms with E-state index in [1.54, 1.807) is 33.4 Å². The van der Waals surface area contributed by atoms with E-state index in [1.807, 2.05) is 0 Å². The van der Waals surface area contributed by atoms with E-state index >= 15 is 0 Å². The Labute approximate surface area is 221 Å². The molecule has 4 aliphatic carbocycles. The fourth-order valence-corrected chi connectivity index (χ4v) is 8.37. The molecule has 4 fully saturated rings. The molecule has 0 bridgehead atoms. The smallest absolute Gasteiger partial charge is 0.0162 e. The van der Waals surface area contributed by atoms with Gasteiger partial charge in [0.25, 0.3) is 0 Å². The standard InChI is InChI=1S/C36H50/c1-5-13-27(14-6-1)31-21-32(28-15-7-2-8-16-28)24-35(23-31)36-25-33(29-17-9-3-10-18-29)22-34(26-36)30-19-11-4-12-20-30/h21-30H,1-20H2. The van der Waals surface area contributed by atoms with Crippen LogP contribution in [-0.4, -0.2) is 0 Å². The molecule has 0 heteroatoms. The Hall–Kier alpha value is -1.56. The zero-order valence-electron chi connectivity index (χ0n) is 22.9. The van der Waals surface area contributed by atoms with Crippen molar-refractivity contribution in [2.75, 3.05) is 0 Å². The van der Waals surface area contributed by atoms with Crippen LogP contribution in [0.5, 0.6) is 0 Å². The molecular formula is C36H50. The Balaban J connectivity index is 1.41. The lowest BCUT2D eigenvalue weighted by Gasteiger charge is -2.28. The predicted octanol–water partition coefficient (Wildman–Crippen LogP) is 11.5. The first-order chi connectivity index (χ1) is 17.8. The molecule has 0 heterocycles. The van der Waals surface area contributed by atoms with Crippen LogP contribution < -0.4 is 0 Å². The van der Waals surface area contributed by atoms with Gasteiger partial charge in [0.15, 0.2) is 0 Å². The van der Waals surface area contributed by atoms with Crippen LogP contribution in [-0.2, 0) is 0 Å². The number of rotatable bonds is 5. The lowest BCUT2D eigenvalue weighted by molar-refractivity contribution is 0.435. The van der Waals surface area contributed by atoms with E-state index in [2.05, 4.69) is 36.4 Å². The van der Waals surface area contributed by atoms with Gasteiger partial charge in [0.1, 0.15) is 0 Å². The van der Waals surface area contributed by atoms with Crippen molar-refractivity contribution < 1.29 is 0 Å². The average molecular weight is 483 g/mol. The summed E-state index contributed by atoms with van der Waals surface area (Å²) < 4.78 is 0. The third kappa shape index (κ3) is 5.79. The van der Waals surface area contributed by atoms with Crippen LogP contribution in [0.1, 0.15) is 174 Å². The largest absolute Gasteiger partial charge is 0.0552 e. The van der Waals surface area contributed by atoms with Crippen LogP contribution >= 0.6 is 0 Å². The molecule has 0 aromatic heterocycles. The van der Waals surface area contributed by atoms with Crippen molar-refractivity contribution >= 4 is 0 Å². The van der Waals surface area contributed by atoms with Crippen LogP contribution in [0.2, 0.25) is 0 Å². The molecule has 2 aromatic rings. The van der Waals surface area contributed by atoms with E-state index in [1.165, 1.54) is 128 Å². The molecule has 4 saturated carbocycles. The summed E-state index contributed by atoms with van der Waals surface area (Å²) >= 11 is 0. The Morgan fingerprint density at radius 2 is 0.500 bits per heavy atom. The summed E-state index contributed by atoms with van der Waals surface area (Å²) in [5, 5.41) is 0. The van der Waals surface area contributed by atoms with Gasteiger partial charge < -0.3 is 0 Å². The number of benzene rings is 2. The maximum Gasteiger partial charge on any atom is -0.0162 e. The minimum Gasteiger partial charge on any atom is -0.0552 e. The molecule has 0 unspecified atom stereocenters. The molecule has 6 rings (SSSR count). The van der Waals surface area contributed by atoms with E-state index in [9.17, 15) is 0 Å². The average Bonchev–Trinajstić information content (AvgIpc) is 2.98. The second kappa shape index (κ2) is 11.9. The van der Waals surface area contributed by atoms with Crippen molar-refractivity contribution in [3.05, 3.63) is 58.7 Å². The van der Waals surface area contributed by atoms with Gasteiger partial charge in [-0.25, -0.2) is 0 Å². The molecule has 36 heavy (non-hydrogen) atoms. The molecule has 0 spiro atoms. The van der Waals surface area contributed by atoms with Crippen LogP contribution in [0.25, 0.3) is 11.1 Å². The van der Waals surface area contributed by atoms with Gasteiger partial charge in [-0.3, -0.25) is 0 Å². The highest BCUT2D eigenvalue weighted by atomic mass is 14.3. The lowest BCUT2D eigenvalue weighted by Crippen LogP contribution is -2.10. The molecule has 0 saturated heterocycles. The molecule has 0 aliphatic heterocycles. The maximum atomic E-state index is 2.67. The van der Waals surface area contributed by atoms with Crippen molar-refractivity contribution in [2.24, 2.45) is 0 Å². The van der Waals surface area contributed by atoms with Crippen LogP contribution in [0.4, 0.5) is 0 Å². The van der Waals surface area contributed by atoms with Crippen molar-refractivity contribution in [1.29, 1.82) is 0 Å². The minimum atomic E-state index is 0.792. The summed E-state index contributed by atoms with van der Waals surface area (Å²) in [6.45, 7) is 0. The molecular weight excluding hydrogens is 432 g/mol. The summed E-state index contributed by atoms with van der Waals surface area (Å²) in [5.41, 5.74) is 9.80. The van der Waals surface area contributed by atoms with Crippen molar-refractivity contribution in [3.63, 3.8) is 0 Å². The molecule has 0 atom stereocenters. The first-order valence-corrected chi connectivity index (χ1v) is 16.1. The quantitative estimate of drug-likeness (QED) is 0.397. The van der Waals surface area contributed by atoms with Gasteiger partial charge in [-0.15, -0.1) is 0 Å². The summed E-state index contributed by atoms with van der Waals surface area (Å²) in [4.78, 5) is 0. The summed E-state index contributed by atoms with van der Waals surface area (Å²) in [7, 11) is 0. The van der Waals surface area contributed by atoms with E-state index in [-0.39, 0.29) is 0 Å². The molecule has 0 amide bonds. The summed E-state index contributed by atoms with van der Waals surface area (Å²) in [6.07, 6.45) is 28.4. The first-order valence-electron chi connectivity index (χ1n) is 16.1. The van der Waals surface area contributed by atoms with E-state index in [0.29, 0.717) is 0 Å². The Morgan fingerprint density at radius 3 is 0.722 bits per heavy atom. The fourth-order valence-electron chi connectivity index (χ4n) is 8.37. The zero-order valence-corrected chi connectivity index (χ0v) is 22.9. The van der Waals surface area contributed by atoms with Gasteiger partial charge >= 0.3 is 0 Å². The molecule has 4 aliphatic rings. The van der Waals surface area contributed by atoms with Gasteiger partial charge in [0, 0.05) is 0 Å². The number of hydrogen-bond donors (Lipinski definition) is 0. The Bertz CT molecular complexity index is 821. The van der Waals surface area contributed by atoms with E-state index in [4.69, 9.17) is 0 Å². The van der Waals surface area contributed by atoms with E-state index < -0.39 is 0 Å². The van der Waals surface area contributed by atoms with Gasteiger partial charge in [-0.05, 0) is 108 Å². The van der Waals surface area contributed by atoms with Crippen LogP contribution in [0.3, 0.4) is 0 Å². The minimum absolute atomic E-state index is 0.792. The van der Waals surface area contributed by atoms with Gasteiger partial charge in [-0.1, -0.05) is 113 Å². The molecule has 2 aromatic carbocycles. The van der Waals surface area contributed by atoms with Crippen LogP contribution in [0.15, 0.2) is 36.4 Å². The Morgan fingerprint density at radius 1 is 0.278 bits per heavy atom. The van der Waals surface area contributed by atoms with Crippen molar-refractivity contribution in [3.8, 4) is 11.1 Å². The first kappa shape index (κ1) is 24.8. The normalized spacial score (nSPS) is 23.7. The highest BCUT2D eigenvalue weighted by molar-refractivity contribution is 5.68. The highest BCUT2D eigenvalue weighted by Gasteiger charge is 2.24. The molecule has 0 radical (unpaired) electrons. The predicted molar refractivity (Wildman–Crippen MR) is 155 cm³/mol. The molecule has 0 nitrogen and oxygen atoms in total. The third-order valence-electron chi connectivity index (χ3n) is 10.6. The van der Waals surface area contributed by atoms with Gasteiger partial charge in [0.05, 0.1) is 0 Å². The van der Waals surface area contributed by atoms with Crippen molar-refractivity contribution in [2.45, 2.75) is 152 Å². The monoisotopic (exact) mass is 482 g/mol. The fraction of sp³-hybridized carbons (Fsp3) is 0.667.